The van der Waals surface area contributed by atoms with Gasteiger partial charge in [-0.05, 0) is 19.4 Å². The van der Waals surface area contributed by atoms with E-state index in [9.17, 15) is 8.78 Å². The molecule has 3 heteroatoms. The monoisotopic (exact) mass is 242 g/mol. The number of quaternary nitrogens is 1. The number of hydrogen-bond acceptors (Lipinski definition) is 0. The fourth-order valence-corrected chi connectivity index (χ4v) is 2.24. The molecule has 1 rings (SSSR count). The molecule has 96 valence electrons. The summed E-state index contributed by atoms with van der Waals surface area (Å²) in [7, 11) is 0. The smallest absolute Gasteiger partial charge is 0.219 e. The highest BCUT2D eigenvalue weighted by Gasteiger charge is 2.20. The second-order valence-corrected chi connectivity index (χ2v) is 4.66. The zero-order valence-corrected chi connectivity index (χ0v) is 10.9. The number of benzene rings is 1. The number of nitrogens with one attached hydrogen (secondary N) is 1. The number of halogens is 2. The third-order valence-electron chi connectivity index (χ3n) is 3.14. The minimum Gasteiger partial charge on any atom is -0.300 e. The highest BCUT2D eigenvalue weighted by molar-refractivity contribution is 5.31. The fourth-order valence-electron chi connectivity index (χ4n) is 2.24. The zero-order valence-electron chi connectivity index (χ0n) is 10.9. The Bertz CT molecular complexity index is 352. The van der Waals surface area contributed by atoms with E-state index >= 15 is 0 Å². The molecular formula is C14H22F2N+. The summed E-state index contributed by atoms with van der Waals surface area (Å²) in [6, 6.07) is 4.42. The molecule has 0 amide bonds. The Morgan fingerprint density at radius 3 is 2.53 bits per heavy atom. The average molecular weight is 242 g/mol. The first-order chi connectivity index (χ1) is 8.10. The van der Waals surface area contributed by atoms with Crippen LogP contribution in [-0.4, -0.2) is 13.1 Å². The summed E-state index contributed by atoms with van der Waals surface area (Å²) in [6.45, 7) is 7.93. The molecule has 1 aromatic carbocycles. The highest BCUT2D eigenvalue weighted by atomic mass is 19.2. The van der Waals surface area contributed by atoms with Gasteiger partial charge in [0, 0.05) is 12.0 Å². The van der Waals surface area contributed by atoms with E-state index in [1.54, 1.807) is 12.1 Å². The van der Waals surface area contributed by atoms with Gasteiger partial charge in [0.05, 0.1) is 13.1 Å². The zero-order chi connectivity index (χ0) is 12.8. The Kier molecular flexibility index (Phi) is 5.56. The summed E-state index contributed by atoms with van der Waals surface area (Å²) < 4.78 is 26.9. The summed E-state index contributed by atoms with van der Waals surface area (Å²) in [5, 5.41) is 0. The van der Waals surface area contributed by atoms with Crippen LogP contribution in [0.25, 0.3) is 0 Å². The second-order valence-electron chi connectivity index (χ2n) is 4.66. The van der Waals surface area contributed by atoms with E-state index in [-0.39, 0.29) is 0 Å². The summed E-state index contributed by atoms with van der Waals surface area (Å²) in [6.07, 6.45) is 2.25. The van der Waals surface area contributed by atoms with Gasteiger partial charge in [-0.3, -0.25) is 4.90 Å². The average Bonchev–Trinajstić information content (AvgIpc) is 2.30. The van der Waals surface area contributed by atoms with Crippen molar-refractivity contribution in [3.05, 3.63) is 29.8 Å². The molecule has 0 aliphatic heterocycles. The van der Waals surface area contributed by atoms with Gasteiger partial charge >= 0.3 is 0 Å². The third kappa shape index (κ3) is 3.77. The van der Waals surface area contributed by atoms with E-state index in [2.05, 4.69) is 13.8 Å². The van der Waals surface area contributed by atoms with Gasteiger partial charge in [-0.2, -0.15) is 4.39 Å². The first kappa shape index (κ1) is 14.1. The molecule has 0 saturated carbocycles. The number of rotatable bonds is 6. The van der Waals surface area contributed by atoms with Gasteiger partial charge in [-0.15, -0.1) is 0 Å². The van der Waals surface area contributed by atoms with Crippen molar-refractivity contribution < 1.29 is 13.7 Å². The quantitative estimate of drug-likeness (QED) is 0.782. The summed E-state index contributed by atoms with van der Waals surface area (Å²) >= 11 is 0. The van der Waals surface area contributed by atoms with Crippen molar-refractivity contribution in [2.45, 2.75) is 33.6 Å². The maximum absolute atomic E-state index is 13.7. The lowest BCUT2D eigenvalue weighted by molar-refractivity contribution is -0.835. The molecule has 17 heavy (non-hydrogen) atoms. The Morgan fingerprint density at radius 2 is 1.94 bits per heavy atom. The highest BCUT2D eigenvalue weighted by Crippen LogP contribution is 2.13. The van der Waals surface area contributed by atoms with Crippen molar-refractivity contribution >= 4 is 5.69 Å². The lowest BCUT2D eigenvalue weighted by Gasteiger charge is -2.21. The van der Waals surface area contributed by atoms with Crippen molar-refractivity contribution in [3.8, 4) is 0 Å². The predicted molar refractivity (Wildman–Crippen MR) is 66.5 cm³/mol. The maximum Gasteiger partial charge on any atom is 0.219 e. The molecule has 0 aliphatic rings. The van der Waals surface area contributed by atoms with Crippen LogP contribution in [0.3, 0.4) is 0 Å². The number of hydrogen-bond donors (Lipinski definition) is 1. The molecule has 1 aromatic rings. The van der Waals surface area contributed by atoms with Crippen LogP contribution >= 0.6 is 0 Å². The summed E-state index contributed by atoms with van der Waals surface area (Å²) in [5.74, 6) is -0.928. The fraction of sp³-hybridized carbons (Fsp3) is 0.571. The van der Waals surface area contributed by atoms with Crippen molar-refractivity contribution in [1.82, 2.24) is 0 Å². The molecule has 2 unspecified atom stereocenters. The van der Waals surface area contributed by atoms with Gasteiger partial charge in [0.15, 0.2) is 11.5 Å². The summed E-state index contributed by atoms with van der Waals surface area (Å²) in [4.78, 5) is 1.02. The van der Waals surface area contributed by atoms with E-state index in [4.69, 9.17) is 0 Å². The van der Waals surface area contributed by atoms with Crippen LogP contribution in [0.1, 0.15) is 33.6 Å². The van der Waals surface area contributed by atoms with E-state index in [0.29, 0.717) is 11.6 Å². The minimum absolute atomic E-state index is 0.454. The topological polar surface area (TPSA) is 4.44 Å². The van der Waals surface area contributed by atoms with Crippen LogP contribution in [0, 0.1) is 17.6 Å². The Hall–Kier alpha value is -0.960. The van der Waals surface area contributed by atoms with Gasteiger partial charge in [0.1, 0.15) is 0 Å². The molecule has 0 bridgehead atoms. The van der Waals surface area contributed by atoms with Crippen LogP contribution in [-0.2, 0) is 0 Å². The van der Waals surface area contributed by atoms with Crippen LogP contribution < -0.4 is 4.90 Å². The van der Waals surface area contributed by atoms with E-state index in [0.717, 1.165) is 30.8 Å². The Labute approximate surface area is 102 Å². The van der Waals surface area contributed by atoms with Crippen molar-refractivity contribution in [2.24, 2.45) is 5.92 Å². The van der Waals surface area contributed by atoms with Crippen LogP contribution in [0.2, 0.25) is 0 Å². The van der Waals surface area contributed by atoms with Crippen molar-refractivity contribution in [2.75, 3.05) is 13.1 Å². The van der Waals surface area contributed by atoms with E-state index in [1.807, 2.05) is 6.92 Å². The van der Waals surface area contributed by atoms with Crippen molar-refractivity contribution in [3.63, 3.8) is 0 Å². The second kappa shape index (κ2) is 6.70. The first-order valence-corrected chi connectivity index (χ1v) is 6.39. The van der Waals surface area contributed by atoms with Gasteiger partial charge in [-0.25, -0.2) is 4.39 Å². The van der Waals surface area contributed by atoms with Crippen LogP contribution in [0.4, 0.5) is 14.5 Å². The molecule has 0 radical (unpaired) electrons. The van der Waals surface area contributed by atoms with Crippen LogP contribution in [0.15, 0.2) is 18.2 Å². The lowest BCUT2D eigenvalue weighted by Crippen LogP contribution is -3.07. The Morgan fingerprint density at radius 1 is 1.24 bits per heavy atom. The summed E-state index contributed by atoms with van der Waals surface area (Å²) in [5.41, 5.74) is 0.454. The molecule has 1 nitrogen and oxygen atoms in total. The molecule has 0 aromatic heterocycles. The third-order valence-corrected chi connectivity index (χ3v) is 3.14. The Balaban J connectivity index is 2.82. The maximum atomic E-state index is 13.7. The lowest BCUT2D eigenvalue weighted by atomic mass is 10.1. The molecule has 1 N–H and O–H groups in total. The van der Waals surface area contributed by atoms with E-state index < -0.39 is 11.6 Å². The molecule has 0 saturated heterocycles. The van der Waals surface area contributed by atoms with Gasteiger partial charge in [0.25, 0.3) is 0 Å². The van der Waals surface area contributed by atoms with Crippen LogP contribution in [0.5, 0.6) is 0 Å². The molecule has 0 spiro atoms. The predicted octanol–water partition coefficient (Wildman–Crippen LogP) is 2.94. The normalized spacial score (nSPS) is 14.6. The van der Waals surface area contributed by atoms with Gasteiger partial charge in [-0.1, -0.05) is 26.3 Å². The molecule has 2 atom stereocenters. The van der Waals surface area contributed by atoms with Gasteiger partial charge in [0.2, 0.25) is 5.82 Å². The molecule has 0 heterocycles. The first-order valence-electron chi connectivity index (χ1n) is 6.39. The van der Waals surface area contributed by atoms with Gasteiger partial charge < -0.3 is 0 Å². The minimum atomic E-state index is -0.753. The molecular weight excluding hydrogens is 220 g/mol. The van der Waals surface area contributed by atoms with E-state index in [1.165, 1.54) is 6.07 Å². The SMILES string of the molecule is CCCC(C)C[NH+](CC)c1cccc(F)c1F. The molecule has 0 fully saturated rings. The standard InChI is InChI=1S/C14H21F2N/c1-4-7-11(3)10-17(5-2)13-9-6-8-12(15)14(13)16/h6,8-9,11H,4-5,7,10H2,1-3H3/p+1. The van der Waals surface area contributed by atoms with Crippen molar-refractivity contribution in [1.29, 1.82) is 0 Å². The largest absolute Gasteiger partial charge is 0.300 e. The molecule has 0 aliphatic carbocycles.